The average Bonchev–Trinajstić information content (AvgIpc) is 2.32. The van der Waals surface area contributed by atoms with Crippen LogP contribution in [0.5, 0.6) is 0 Å². The number of nitrogens with two attached hydrogens (primary N) is 1. The molecule has 0 heterocycles. The molecule has 0 bridgehead atoms. The number of hydrogen-bond acceptors (Lipinski definition) is 3. The van der Waals surface area contributed by atoms with Crippen molar-refractivity contribution in [1.29, 1.82) is 0 Å². The molecule has 1 atom stereocenters. The van der Waals surface area contributed by atoms with Crippen molar-refractivity contribution < 1.29 is 9.53 Å². The molecule has 0 aliphatic heterocycles. The van der Waals surface area contributed by atoms with Gasteiger partial charge in [-0.3, -0.25) is 4.79 Å². The first-order valence-corrected chi connectivity index (χ1v) is 6.91. The van der Waals surface area contributed by atoms with Crippen LogP contribution in [-0.4, -0.2) is 12.6 Å². The van der Waals surface area contributed by atoms with E-state index in [0.29, 0.717) is 23.1 Å². The molecule has 0 fully saturated rings. The topological polar surface area (TPSA) is 52.3 Å². The summed E-state index contributed by atoms with van der Waals surface area (Å²) < 4.78 is 5.04. The molecule has 1 aromatic carbocycles. The van der Waals surface area contributed by atoms with Crippen LogP contribution >= 0.6 is 23.2 Å². The van der Waals surface area contributed by atoms with E-state index in [2.05, 4.69) is 0 Å². The van der Waals surface area contributed by atoms with Crippen molar-refractivity contribution in [1.82, 2.24) is 0 Å². The van der Waals surface area contributed by atoms with Gasteiger partial charge in [-0.25, -0.2) is 0 Å². The van der Waals surface area contributed by atoms with Gasteiger partial charge in [0.25, 0.3) is 0 Å². The number of halogens is 2. The number of ether oxygens (including phenoxy) is 1. The van der Waals surface area contributed by atoms with E-state index in [1.807, 2.05) is 19.9 Å². The standard InChI is InChI=1S/C14H19Cl2NO2/c1-4-19-13(18)14(2,3)8-12(17)9-5-6-10(15)11(16)7-9/h5-7,12H,4,8,17H2,1-3H3. The van der Waals surface area contributed by atoms with Gasteiger partial charge in [0.15, 0.2) is 0 Å². The number of rotatable bonds is 5. The molecule has 0 saturated carbocycles. The van der Waals surface area contributed by atoms with Crippen molar-refractivity contribution >= 4 is 29.2 Å². The number of esters is 1. The molecule has 0 aliphatic rings. The number of carbonyl (C=O) groups excluding carboxylic acids is 1. The van der Waals surface area contributed by atoms with E-state index in [1.165, 1.54) is 0 Å². The molecule has 0 spiro atoms. The smallest absolute Gasteiger partial charge is 0.311 e. The predicted octanol–water partition coefficient (Wildman–Crippen LogP) is 3.97. The van der Waals surface area contributed by atoms with Crippen LogP contribution in [0.2, 0.25) is 10.0 Å². The quantitative estimate of drug-likeness (QED) is 0.837. The molecule has 1 aromatic rings. The Kier molecular flexibility index (Phi) is 5.65. The van der Waals surface area contributed by atoms with Gasteiger partial charge >= 0.3 is 5.97 Å². The lowest BCUT2D eigenvalue weighted by molar-refractivity contribution is -0.154. The highest BCUT2D eigenvalue weighted by Gasteiger charge is 2.31. The maximum Gasteiger partial charge on any atom is 0.311 e. The van der Waals surface area contributed by atoms with E-state index in [-0.39, 0.29) is 12.0 Å². The molecule has 106 valence electrons. The molecule has 0 radical (unpaired) electrons. The molecule has 0 aliphatic carbocycles. The van der Waals surface area contributed by atoms with Gasteiger partial charge in [0.2, 0.25) is 0 Å². The Morgan fingerprint density at radius 3 is 2.53 bits per heavy atom. The molecule has 19 heavy (non-hydrogen) atoms. The summed E-state index contributed by atoms with van der Waals surface area (Å²) in [4.78, 5) is 11.8. The van der Waals surface area contributed by atoms with Crippen molar-refractivity contribution in [3.8, 4) is 0 Å². The van der Waals surface area contributed by atoms with Crippen molar-refractivity contribution in [2.45, 2.75) is 33.2 Å². The van der Waals surface area contributed by atoms with Gasteiger partial charge < -0.3 is 10.5 Å². The van der Waals surface area contributed by atoms with Gasteiger partial charge in [0.05, 0.1) is 22.1 Å². The summed E-state index contributed by atoms with van der Waals surface area (Å²) in [7, 11) is 0. The van der Waals surface area contributed by atoms with Gasteiger partial charge in [0, 0.05) is 6.04 Å². The minimum atomic E-state index is -0.637. The first-order chi connectivity index (χ1) is 8.77. The molecule has 0 aromatic heterocycles. The first kappa shape index (κ1) is 16.3. The molecule has 0 amide bonds. The van der Waals surface area contributed by atoms with Crippen LogP contribution in [0.1, 0.15) is 38.8 Å². The van der Waals surface area contributed by atoms with Crippen LogP contribution in [0.25, 0.3) is 0 Å². The summed E-state index contributed by atoms with van der Waals surface area (Å²) in [5, 5.41) is 0.950. The molecule has 1 unspecified atom stereocenters. The second kappa shape index (κ2) is 6.60. The Hall–Kier alpha value is -0.770. The van der Waals surface area contributed by atoms with Crippen molar-refractivity contribution in [2.24, 2.45) is 11.1 Å². The van der Waals surface area contributed by atoms with E-state index in [9.17, 15) is 4.79 Å². The van der Waals surface area contributed by atoms with Crippen LogP contribution in [0, 0.1) is 5.41 Å². The summed E-state index contributed by atoms with van der Waals surface area (Å²) in [6, 6.07) is 4.96. The molecule has 3 nitrogen and oxygen atoms in total. The van der Waals surface area contributed by atoms with E-state index in [4.69, 9.17) is 33.7 Å². The fourth-order valence-electron chi connectivity index (χ4n) is 1.82. The minimum Gasteiger partial charge on any atom is -0.466 e. The highest BCUT2D eigenvalue weighted by Crippen LogP contribution is 2.32. The zero-order valence-corrected chi connectivity index (χ0v) is 12.9. The van der Waals surface area contributed by atoms with E-state index < -0.39 is 5.41 Å². The van der Waals surface area contributed by atoms with Crippen molar-refractivity contribution in [2.75, 3.05) is 6.61 Å². The summed E-state index contributed by atoms with van der Waals surface area (Å²) >= 11 is 11.8. The first-order valence-electron chi connectivity index (χ1n) is 6.15. The second-order valence-electron chi connectivity index (χ2n) is 5.09. The Labute approximate surface area is 124 Å². The summed E-state index contributed by atoms with van der Waals surface area (Å²) in [5.41, 5.74) is 6.34. The normalized spacial score (nSPS) is 13.2. The van der Waals surface area contributed by atoms with Gasteiger partial charge in [-0.1, -0.05) is 29.3 Å². The fraction of sp³-hybridized carbons (Fsp3) is 0.500. The van der Waals surface area contributed by atoms with Crippen molar-refractivity contribution in [3.63, 3.8) is 0 Å². The van der Waals surface area contributed by atoms with Crippen LogP contribution in [-0.2, 0) is 9.53 Å². The van der Waals surface area contributed by atoms with Crippen LogP contribution in [0.3, 0.4) is 0 Å². The van der Waals surface area contributed by atoms with Crippen LogP contribution in [0.15, 0.2) is 18.2 Å². The van der Waals surface area contributed by atoms with E-state index in [1.54, 1.807) is 19.1 Å². The fourth-order valence-corrected chi connectivity index (χ4v) is 2.13. The van der Waals surface area contributed by atoms with E-state index in [0.717, 1.165) is 5.56 Å². The molecule has 5 heteroatoms. The zero-order chi connectivity index (χ0) is 14.6. The maximum atomic E-state index is 11.8. The second-order valence-corrected chi connectivity index (χ2v) is 5.90. The minimum absolute atomic E-state index is 0.245. The monoisotopic (exact) mass is 303 g/mol. The number of hydrogen-bond donors (Lipinski definition) is 1. The third kappa shape index (κ3) is 4.37. The lowest BCUT2D eigenvalue weighted by Crippen LogP contribution is -2.31. The highest BCUT2D eigenvalue weighted by molar-refractivity contribution is 6.42. The highest BCUT2D eigenvalue weighted by atomic mass is 35.5. The Morgan fingerprint density at radius 2 is 2.00 bits per heavy atom. The molecule has 1 rings (SSSR count). The average molecular weight is 304 g/mol. The number of benzene rings is 1. The molecular weight excluding hydrogens is 285 g/mol. The summed E-state index contributed by atoms with van der Waals surface area (Å²) in [5.74, 6) is -0.245. The summed E-state index contributed by atoms with van der Waals surface area (Å²) in [6.45, 7) is 5.79. The molecule has 2 N–H and O–H groups in total. The third-order valence-electron chi connectivity index (χ3n) is 2.93. The van der Waals surface area contributed by atoms with Crippen molar-refractivity contribution in [3.05, 3.63) is 33.8 Å². The third-order valence-corrected chi connectivity index (χ3v) is 3.67. The molecule has 0 saturated heterocycles. The lowest BCUT2D eigenvalue weighted by atomic mass is 9.84. The van der Waals surface area contributed by atoms with Gasteiger partial charge in [0.1, 0.15) is 0 Å². The Bertz CT molecular complexity index is 461. The van der Waals surface area contributed by atoms with Gasteiger partial charge in [-0.15, -0.1) is 0 Å². The zero-order valence-electron chi connectivity index (χ0n) is 11.4. The lowest BCUT2D eigenvalue weighted by Gasteiger charge is -2.26. The Morgan fingerprint density at radius 1 is 1.37 bits per heavy atom. The SMILES string of the molecule is CCOC(=O)C(C)(C)CC(N)c1ccc(Cl)c(Cl)c1. The van der Waals surface area contributed by atoms with Crippen LogP contribution in [0.4, 0.5) is 0 Å². The molecular formula is C14H19Cl2NO2. The van der Waals surface area contributed by atoms with Gasteiger partial charge in [-0.05, 0) is 44.9 Å². The largest absolute Gasteiger partial charge is 0.466 e. The number of carbonyl (C=O) groups is 1. The van der Waals surface area contributed by atoms with Gasteiger partial charge in [-0.2, -0.15) is 0 Å². The maximum absolute atomic E-state index is 11.8. The van der Waals surface area contributed by atoms with Crippen LogP contribution < -0.4 is 5.73 Å². The van der Waals surface area contributed by atoms with E-state index >= 15 is 0 Å². The predicted molar refractivity (Wildman–Crippen MR) is 78.4 cm³/mol. The summed E-state index contributed by atoms with van der Waals surface area (Å²) in [6.07, 6.45) is 0.476. The Balaban J connectivity index is 2.80.